The van der Waals surface area contributed by atoms with E-state index in [1.165, 1.54) is 13.2 Å². The minimum Gasteiger partial charge on any atom is -0.465 e. The molecule has 4 heteroatoms. The topological polar surface area (TPSA) is 55.4 Å². The van der Waals surface area contributed by atoms with E-state index < -0.39 is 5.97 Å². The average molecular weight is 281 g/mol. The lowest BCUT2D eigenvalue weighted by molar-refractivity contribution is -0.111. The van der Waals surface area contributed by atoms with Crippen LogP contribution in [0.3, 0.4) is 0 Å². The van der Waals surface area contributed by atoms with E-state index in [2.05, 4.69) is 10.1 Å². The highest BCUT2D eigenvalue weighted by Crippen LogP contribution is 2.16. The van der Waals surface area contributed by atoms with Gasteiger partial charge < -0.3 is 10.1 Å². The van der Waals surface area contributed by atoms with Crippen LogP contribution in [0.4, 0.5) is 5.69 Å². The molecule has 0 aliphatic heterocycles. The van der Waals surface area contributed by atoms with Gasteiger partial charge in [0.2, 0.25) is 5.91 Å². The van der Waals surface area contributed by atoms with E-state index in [1.807, 2.05) is 30.3 Å². The first-order valence-corrected chi connectivity index (χ1v) is 6.42. The zero-order valence-corrected chi connectivity index (χ0v) is 11.6. The lowest BCUT2D eigenvalue weighted by Gasteiger charge is -2.07. The standard InChI is InChI=1S/C17H15NO3/c1-21-17(20)14-9-5-6-10-15(14)18-16(19)12-11-13-7-3-2-4-8-13/h2-12H,1H3,(H,18,19)/b12-11-. The monoisotopic (exact) mass is 281 g/mol. The van der Waals surface area contributed by atoms with Gasteiger partial charge in [-0.25, -0.2) is 4.79 Å². The van der Waals surface area contributed by atoms with Gasteiger partial charge in [-0.3, -0.25) is 4.79 Å². The van der Waals surface area contributed by atoms with E-state index in [-0.39, 0.29) is 5.91 Å². The van der Waals surface area contributed by atoms with Crippen molar-refractivity contribution < 1.29 is 14.3 Å². The highest BCUT2D eigenvalue weighted by atomic mass is 16.5. The summed E-state index contributed by atoms with van der Waals surface area (Å²) in [5.74, 6) is -0.798. The molecular formula is C17H15NO3. The normalized spacial score (nSPS) is 10.3. The molecule has 0 saturated heterocycles. The number of methoxy groups -OCH3 is 1. The minimum absolute atomic E-state index is 0.310. The number of anilines is 1. The molecule has 0 aliphatic rings. The smallest absolute Gasteiger partial charge is 0.339 e. The molecule has 4 nitrogen and oxygen atoms in total. The third-order valence-corrected chi connectivity index (χ3v) is 2.82. The van der Waals surface area contributed by atoms with Gasteiger partial charge in [0.15, 0.2) is 0 Å². The number of carbonyl (C=O) groups excluding carboxylic acids is 2. The fourth-order valence-corrected chi connectivity index (χ4v) is 1.79. The second kappa shape index (κ2) is 7.05. The van der Waals surface area contributed by atoms with Crippen LogP contribution in [-0.2, 0) is 9.53 Å². The van der Waals surface area contributed by atoms with E-state index in [4.69, 9.17) is 0 Å². The molecule has 0 unspecified atom stereocenters. The van der Waals surface area contributed by atoms with Crippen molar-refractivity contribution >= 4 is 23.6 Å². The number of carbonyl (C=O) groups is 2. The second-order valence-electron chi connectivity index (χ2n) is 4.27. The van der Waals surface area contributed by atoms with Crippen molar-refractivity contribution in [2.75, 3.05) is 12.4 Å². The maximum Gasteiger partial charge on any atom is 0.339 e. The summed E-state index contributed by atoms with van der Waals surface area (Å²) < 4.78 is 4.68. The predicted octanol–water partition coefficient (Wildman–Crippen LogP) is 3.13. The van der Waals surface area contributed by atoms with Crippen molar-refractivity contribution in [2.24, 2.45) is 0 Å². The van der Waals surface area contributed by atoms with Crippen LogP contribution in [0.15, 0.2) is 60.7 Å². The van der Waals surface area contributed by atoms with Gasteiger partial charge in [-0.15, -0.1) is 0 Å². The van der Waals surface area contributed by atoms with Crippen LogP contribution in [0.1, 0.15) is 15.9 Å². The third kappa shape index (κ3) is 4.04. The minimum atomic E-state index is -0.488. The Hall–Kier alpha value is -2.88. The summed E-state index contributed by atoms with van der Waals surface area (Å²) in [6.45, 7) is 0. The molecule has 2 aromatic rings. The molecular weight excluding hydrogens is 266 g/mol. The molecule has 0 atom stereocenters. The van der Waals surface area contributed by atoms with Gasteiger partial charge in [0.05, 0.1) is 18.4 Å². The molecule has 2 aromatic carbocycles. The van der Waals surface area contributed by atoms with Crippen LogP contribution in [-0.4, -0.2) is 19.0 Å². The van der Waals surface area contributed by atoms with Crippen molar-refractivity contribution in [1.29, 1.82) is 0 Å². The highest BCUT2D eigenvalue weighted by molar-refractivity contribution is 6.06. The van der Waals surface area contributed by atoms with Crippen LogP contribution in [0.2, 0.25) is 0 Å². The van der Waals surface area contributed by atoms with E-state index in [1.54, 1.807) is 30.3 Å². The Morgan fingerprint density at radius 2 is 1.67 bits per heavy atom. The van der Waals surface area contributed by atoms with Crippen LogP contribution < -0.4 is 5.32 Å². The summed E-state index contributed by atoms with van der Waals surface area (Å²) in [7, 11) is 1.30. The molecule has 0 aromatic heterocycles. The Bertz CT molecular complexity index is 663. The van der Waals surface area contributed by atoms with Gasteiger partial charge in [0.1, 0.15) is 0 Å². The van der Waals surface area contributed by atoms with Crippen LogP contribution in [0.5, 0.6) is 0 Å². The Kier molecular flexibility index (Phi) is 4.88. The number of nitrogens with one attached hydrogen (secondary N) is 1. The number of benzene rings is 2. The predicted molar refractivity (Wildman–Crippen MR) is 81.9 cm³/mol. The van der Waals surface area contributed by atoms with Crippen molar-refractivity contribution in [3.8, 4) is 0 Å². The lowest BCUT2D eigenvalue weighted by Crippen LogP contribution is -2.12. The fourth-order valence-electron chi connectivity index (χ4n) is 1.79. The first-order chi connectivity index (χ1) is 10.2. The summed E-state index contributed by atoms with van der Waals surface area (Å²) in [4.78, 5) is 23.5. The van der Waals surface area contributed by atoms with Gasteiger partial charge in [0.25, 0.3) is 0 Å². The molecule has 0 saturated carbocycles. The number of rotatable bonds is 4. The van der Waals surface area contributed by atoms with Gasteiger partial charge in [-0.2, -0.15) is 0 Å². The van der Waals surface area contributed by atoms with Crippen LogP contribution in [0, 0.1) is 0 Å². The van der Waals surface area contributed by atoms with E-state index >= 15 is 0 Å². The molecule has 0 heterocycles. The van der Waals surface area contributed by atoms with E-state index in [0.717, 1.165) is 5.56 Å². The molecule has 2 rings (SSSR count). The van der Waals surface area contributed by atoms with Crippen molar-refractivity contribution in [1.82, 2.24) is 0 Å². The molecule has 0 spiro atoms. The Labute approximate surface area is 123 Å². The number of amides is 1. The molecule has 0 bridgehead atoms. The van der Waals surface area contributed by atoms with Gasteiger partial charge in [-0.05, 0) is 23.8 Å². The van der Waals surface area contributed by atoms with Crippen LogP contribution >= 0.6 is 0 Å². The highest BCUT2D eigenvalue weighted by Gasteiger charge is 2.11. The second-order valence-corrected chi connectivity index (χ2v) is 4.27. The number of esters is 1. The molecule has 21 heavy (non-hydrogen) atoms. The first kappa shape index (κ1) is 14.5. The maximum absolute atomic E-state index is 11.9. The number of para-hydroxylation sites is 1. The molecule has 1 amide bonds. The zero-order chi connectivity index (χ0) is 15.1. The number of hydrogen-bond acceptors (Lipinski definition) is 3. The van der Waals surface area contributed by atoms with E-state index in [9.17, 15) is 9.59 Å². The largest absolute Gasteiger partial charge is 0.465 e. The summed E-state index contributed by atoms with van der Waals surface area (Å²) in [6, 6.07) is 16.2. The fraction of sp³-hybridized carbons (Fsp3) is 0.0588. The van der Waals surface area contributed by atoms with Crippen molar-refractivity contribution in [3.05, 3.63) is 71.8 Å². The van der Waals surface area contributed by atoms with Gasteiger partial charge in [-0.1, -0.05) is 42.5 Å². The third-order valence-electron chi connectivity index (χ3n) is 2.82. The van der Waals surface area contributed by atoms with E-state index in [0.29, 0.717) is 11.3 Å². The summed E-state index contributed by atoms with van der Waals surface area (Å²) in [6.07, 6.45) is 3.12. The summed E-state index contributed by atoms with van der Waals surface area (Å²) in [5.41, 5.74) is 1.67. The Morgan fingerprint density at radius 1 is 1.00 bits per heavy atom. The molecule has 106 valence electrons. The quantitative estimate of drug-likeness (QED) is 0.692. The Balaban J connectivity index is 2.10. The number of ether oxygens (including phenoxy) is 1. The molecule has 0 aliphatic carbocycles. The first-order valence-electron chi connectivity index (χ1n) is 6.42. The van der Waals surface area contributed by atoms with Crippen LogP contribution in [0.25, 0.3) is 6.08 Å². The van der Waals surface area contributed by atoms with Gasteiger partial charge in [0, 0.05) is 6.08 Å². The zero-order valence-electron chi connectivity index (χ0n) is 11.6. The van der Waals surface area contributed by atoms with Gasteiger partial charge >= 0.3 is 5.97 Å². The lowest BCUT2D eigenvalue weighted by atomic mass is 10.1. The number of hydrogen-bond donors (Lipinski definition) is 1. The molecule has 0 radical (unpaired) electrons. The SMILES string of the molecule is COC(=O)c1ccccc1NC(=O)/C=C\c1ccccc1. The summed E-state index contributed by atoms with van der Waals surface area (Å²) in [5, 5.41) is 2.67. The summed E-state index contributed by atoms with van der Waals surface area (Å²) >= 11 is 0. The van der Waals surface area contributed by atoms with Crippen molar-refractivity contribution in [3.63, 3.8) is 0 Å². The Morgan fingerprint density at radius 3 is 2.38 bits per heavy atom. The average Bonchev–Trinajstić information content (AvgIpc) is 2.54. The van der Waals surface area contributed by atoms with Crippen molar-refractivity contribution in [2.45, 2.75) is 0 Å². The molecule has 0 fully saturated rings. The molecule has 1 N–H and O–H groups in total. The maximum atomic E-state index is 11.9.